The van der Waals surface area contributed by atoms with E-state index >= 15 is 0 Å². The Balaban J connectivity index is 3.52. The first-order valence-electron chi connectivity index (χ1n) is 4.34. The molecule has 104 valence electrons. The van der Waals surface area contributed by atoms with Crippen LogP contribution in [0.2, 0.25) is 0 Å². The van der Waals surface area contributed by atoms with Crippen LogP contribution in [0.5, 0.6) is 5.88 Å². The normalized spacial score (nSPS) is 11.5. The van der Waals surface area contributed by atoms with Crippen LogP contribution in [0.25, 0.3) is 0 Å². The maximum Gasteiger partial charge on any atom is 0.574 e. The molecule has 19 heavy (non-hydrogen) atoms. The van der Waals surface area contributed by atoms with Gasteiger partial charge in [0.2, 0.25) is 5.88 Å². The van der Waals surface area contributed by atoms with Gasteiger partial charge in [-0.1, -0.05) is 0 Å². The van der Waals surface area contributed by atoms with Gasteiger partial charge in [-0.15, -0.1) is 13.2 Å². The van der Waals surface area contributed by atoms with E-state index in [1.807, 2.05) is 0 Å². The molecule has 0 saturated carbocycles. The Morgan fingerprint density at radius 2 is 2.00 bits per heavy atom. The minimum absolute atomic E-state index is 0.133. The highest BCUT2D eigenvalue weighted by Crippen LogP contribution is 2.38. The van der Waals surface area contributed by atoms with E-state index in [1.54, 1.807) is 0 Å². The lowest BCUT2D eigenvalue weighted by Crippen LogP contribution is -2.20. The van der Waals surface area contributed by atoms with Crippen LogP contribution in [0.15, 0.2) is 6.07 Å². The Kier molecular flexibility index (Phi) is 3.97. The molecule has 0 aliphatic heterocycles. The molecule has 0 aliphatic carbocycles. The van der Waals surface area contributed by atoms with Crippen molar-refractivity contribution in [3.05, 3.63) is 27.4 Å². The average molecular weight is 286 g/mol. The maximum absolute atomic E-state index is 12.6. The molecule has 0 unspecified atom stereocenters. The highest BCUT2D eigenvalue weighted by Gasteiger charge is 2.37. The van der Waals surface area contributed by atoms with Gasteiger partial charge < -0.3 is 4.74 Å². The summed E-state index contributed by atoms with van der Waals surface area (Å²) in [5, 5.41) is 10.5. The number of aromatic nitrogens is 1. The summed E-state index contributed by atoms with van der Waals surface area (Å²) in [7, 11) is 0. The molecule has 1 heterocycles. The summed E-state index contributed by atoms with van der Waals surface area (Å²) in [6.07, 6.45) is -9.15. The van der Waals surface area contributed by atoms with Gasteiger partial charge in [-0.2, -0.15) is 0 Å². The Bertz CT molecular complexity index is 517. The van der Waals surface area contributed by atoms with Crippen LogP contribution in [0.4, 0.5) is 27.6 Å². The minimum atomic E-state index is -5.38. The van der Waals surface area contributed by atoms with E-state index in [9.17, 15) is 36.9 Å². The first-order valence-corrected chi connectivity index (χ1v) is 4.34. The van der Waals surface area contributed by atoms with Crippen LogP contribution >= 0.6 is 0 Å². The van der Waals surface area contributed by atoms with Crippen molar-refractivity contribution < 1.29 is 36.4 Å². The maximum atomic E-state index is 12.6. The van der Waals surface area contributed by atoms with Gasteiger partial charge in [0.05, 0.1) is 4.92 Å². The predicted octanol–water partition coefficient (Wildman–Crippen LogP) is 2.64. The lowest BCUT2D eigenvalue weighted by molar-refractivity contribution is -0.386. The smallest absolute Gasteiger partial charge is 0.387 e. The second-order valence-electron chi connectivity index (χ2n) is 3.01. The van der Waals surface area contributed by atoms with Gasteiger partial charge in [-0.3, -0.25) is 14.9 Å². The topological polar surface area (TPSA) is 82.3 Å². The molecule has 11 heteroatoms. The van der Waals surface area contributed by atoms with E-state index < -0.39 is 40.5 Å². The van der Waals surface area contributed by atoms with E-state index in [4.69, 9.17) is 0 Å². The lowest BCUT2D eigenvalue weighted by atomic mass is 10.2. The first-order chi connectivity index (χ1) is 8.65. The number of nitrogens with zero attached hydrogens (tertiary/aromatic N) is 2. The molecular weight excluding hydrogens is 283 g/mol. The molecule has 0 aromatic carbocycles. The van der Waals surface area contributed by atoms with E-state index in [-0.39, 0.29) is 6.29 Å². The van der Waals surface area contributed by atoms with Gasteiger partial charge in [0.25, 0.3) is 12.1 Å². The Labute approximate surface area is 101 Å². The van der Waals surface area contributed by atoms with E-state index in [0.29, 0.717) is 6.07 Å². The number of alkyl halides is 5. The monoisotopic (exact) mass is 286 g/mol. The second-order valence-corrected chi connectivity index (χ2v) is 3.01. The molecule has 0 radical (unpaired) electrons. The number of carbonyl (C=O) groups excluding carboxylic acids is 1. The van der Waals surface area contributed by atoms with Crippen LogP contribution < -0.4 is 4.74 Å². The quantitative estimate of drug-likeness (QED) is 0.368. The van der Waals surface area contributed by atoms with Crippen LogP contribution in [0.3, 0.4) is 0 Å². The molecule has 0 atom stereocenters. The summed E-state index contributed by atoms with van der Waals surface area (Å²) >= 11 is 0. The first kappa shape index (κ1) is 14.7. The fourth-order valence-corrected chi connectivity index (χ4v) is 1.14. The van der Waals surface area contributed by atoms with Crippen molar-refractivity contribution in [2.24, 2.45) is 0 Å². The summed E-state index contributed by atoms with van der Waals surface area (Å²) in [5.41, 5.74) is -3.87. The van der Waals surface area contributed by atoms with Crippen molar-refractivity contribution in [1.29, 1.82) is 0 Å². The number of rotatable bonds is 4. The van der Waals surface area contributed by atoms with Gasteiger partial charge in [0.15, 0.2) is 11.8 Å². The molecule has 1 aromatic rings. The molecular formula is C8H3F5N2O4. The van der Waals surface area contributed by atoms with Gasteiger partial charge in [-0.05, 0) is 0 Å². The number of aldehydes is 1. The summed E-state index contributed by atoms with van der Waals surface area (Å²) in [6, 6.07) is 0.331. The molecule has 1 aromatic heterocycles. The second kappa shape index (κ2) is 5.12. The predicted molar refractivity (Wildman–Crippen MR) is 47.9 cm³/mol. The van der Waals surface area contributed by atoms with E-state index in [1.165, 1.54) is 0 Å². The zero-order valence-electron chi connectivity index (χ0n) is 8.65. The fraction of sp³-hybridized carbons (Fsp3) is 0.250. The Hall–Kier alpha value is -2.33. The number of nitro groups is 1. The third kappa shape index (κ3) is 3.56. The van der Waals surface area contributed by atoms with Crippen molar-refractivity contribution in [3.63, 3.8) is 0 Å². The van der Waals surface area contributed by atoms with Crippen molar-refractivity contribution >= 4 is 12.0 Å². The van der Waals surface area contributed by atoms with E-state index in [0.717, 1.165) is 0 Å². The van der Waals surface area contributed by atoms with Crippen LogP contribution in [0.1, 0.15) is 22.5 Å². The molecule has 0 amide bonds. The summed E-state index contributed by atoms with van der Waals surface area (Å²) < 4.78 is 64.3. The Morgan fingerprint density at radius 3 is 2.37 bits per heavy atom. The zero-order chi connectivity index (χ0) is 14.8. The van der Waals surface area contributed by atoms with Crippen molar-refractivity contribution in [3.8, 4) is 5.88 Å². The number of halogens is 5. The lowest BCUT2D eigenvalue weighted by Gasteiger charge is -2.12. The van der Waals surface area contributed by atoms with Gasteiger partial charge >= 0.3 is 6.36 Å². The SMILES string of the molecule is O=Cc1cc([N+](=O)[O-])c(C(F)F)c(OC(F)(F)F)n1. The van der Waals surface area contributed by atoms with Crippen LogP contribution in [-0.2, 0) is 0 Å². The van der Waals surface area contributed by atoms with Gasteiger partial charge in [0, 0.05) is 6.07 Å². The third-order valence-electron chi connectivity index (χ3n) is 1.77. The zero-order valence-corrected chi connectivity index (χ0v) is 8.65. The van der Waals surface area contributed by atoms with Crippen LogP contribution in [-0.4, -0.2) is 22.6 Å². The number of ether oxygens (including phenoxy) is 1. The average Bonchev–Trinajstić information content (AvgIpc) is 2.24. The Morgan fingerprint density at radius 1 is 1.42 bits per heavy atom. The number of pyridine rings is 1. The molecule has 1 rings (SSSR count). The summed E-state index contributed by atoms with van der Waals surface area (Å²) in [5.74, 6) is -1.72. The van der Waals surface area contributed by atoms with Gasteiger partial charge in [-0.25, -0.2) is 13.8 Å². The largest absolute Gasteiger partial charge is 0.574 e. The standard InChI is InChI=1S/C8H3F5N2O4/c9-6(10)5-4(15(17)18)1-3(2-16)14-7(5)19-8(11,12)13/h1-2,6H. The number of carbonyl (C=O) groups is 1. The number of hydrogen-bond acceptors (Lipinski definition) is 5. The fourth-order valence-electron chi connectivity index (χ4n) is 1.14. The third-order valence-corrected chi connectivity index (χ3v) is 1.77. The van der Waals surface area contributed by atoms with Crippen molar-refractivity contribution in [2.75, 3.05) is 0 Å². The van der Waals surface area contributed by atoms with E-state index in [2.05, 4.69) is 9.72 Å². The molecule has 0 saturated heterocycles. The van der Waals surface area contributed by atoms with Crippen molar-refractivity contribution in [2.45, 2.75) is 12.8 Å². The molecule has 0 N–H and O–H groups in total. The highest BCUT2D eigenvalue weighted by atomic mass is 19.4. The molecule has 0 spiro atoms. The molecule has 0 bridgehead atoms. The molecule has 6 nitrogen and oxygen atoms in total. The van der Waals surface area contributed by atoms with Crippen molar-refractivity contribution in [1.82, 2.24) is 4.98 Å². The molecule has 0 fully saturated rings. The van der Waals surface area contributed by atoms with Crippen LogP contribution in [0, 0.1) is 10.1 Å². The summed E-state index contributed by atoms with van der Waals surface area (Å²) in [6.45, 7) is 0. The van der Waals surface area contributed by atoms with Gasteiger partial charge in [0.1, 0.15) is 5.69 Å². The number of hydrogen-bond donors (Lipinski definition) is 0. The molecule has 0 aliphatic rings. The minimum Gasteiger partial charge on any atom is -0.387 e. The highest BCUT2D eigenvalue weighted by molar-refractivity contribution is 5.74. The summed E-state index contributed by atoms with van der Waals surface area (Å²) in [4.78, 5) is 22.4.